The summed E-state index contributed by atoms with van der Waals surface area (Å²) >= 11 is 0. The van der Waals surface area contributed by atoms with Gasteiger partial charge in [-0.25, -0.2) is 13.1 Å². The summed E-state index contributed by atoms with van der Waals surface area (Å²) in [5.74, 6) is 0.310. The molecule has 0 bridgehead atoms. The van der Waals surface area contributed by atoms with Gasteiger partial charge in [0.05, 0.1) is 10.5 Å². The minimum absolute atomic E-state index is 0.0323. The van der Waals surface area contributed by atoms with E-state index in [-0.39, 0.29) is 6.54 Å². The molecule has 118 valence electrons. The molecule has 0 fully saturated rings. The van der Waals surface area contributed by atoms with E-state index < -0.39 is 15.6 Å². The third-order valence-electron chi connectivity index (χ3n) is 3.87. The fraction of sp³-hybridized carbons (Fsp3) is 0.625. The van der Waals surface area contributed by atoms with E-state index in [0.29, 0.717) is 17.2 Å². The highest BCUT2D eigenvalue weighted by Gasteiger charge is 2.25. The van der Waals surface area contributed by atoms with E-state index in [1.54, 1.807) is 19.1 Å². The molecule has 21 heavy (non-hydrogen) atoms. The van der Waals surface area contributed by atoms with Gasteiger partial charge in [-0.15, -0.1) is 0 Å². The molecule has 0 radical (unpaired) electrons. The molecular formula is C16H25NO3S. The molecule has 1 aliphatic rings. The standard InChI is InChI=1S/C16H25NO3S/c1-12(2)10-16(3,18)11-17-21(19,20)15-8-7-13-5-4-6-14(13)9-15/h7-9,12,17-18H,4-6,10-11H2,1-3H3. The zero-order valence-electron chi connectivity index (χ0n) is 13.0. The lowest BCUT2D eigenvalue weighted by molar-refractivity contribution is 0.0437. The molecule has 2 rings (SSSR count). The summed E-state index contributed by atoms with van der Waals surface area (Å²) in [6, 6.07) is 5.33. The smallest absolute Gasteiger partial charge is 0.240 e. The molecule has 0 heterocycles. The Morgan fingerprint density at radius 2 is 1.95 bits per heavy atom. The Bertz CT molecular complexity index is 606. The maximum atomic E-state index is 12.3. The Morgan fingerprint density at radius 3 is 2.62 bits per heavy atom. The normalized spacial score (nSPS) is 17.8. The molecule has 0 saturated carbocycles. The highest BCUT2D eigenvalue weighted by Crippen LogP contribution is 2.25. The van der Waals surface area contributed by atoms with Crippen molar-refractivity contribution in [1.29, 1.82) is 0 Å². The predicted octanol–water partition coefficient (Wildman–Crippen LogP) is 2.25. The second-order valence-electron chi connectivity index (χ2n) is 6.70. The topological polar surface area (TPSA) is 66.4 Å². The van der Waals surface area contributed by atoms with E-state index in [1.165, 1.54) is 5.56 Å². The summed E-state index contributed by atoms with van der Waals surface area (Å²) < 4.78 is 27.2. The van der Waals surface area contributed by atoms with Gasteiger partial charge in [0.1, 0.15) is 0 Å². The van der Waals surface area contributed by atoms with E-state index in [1.807, 2.05) is 19.9 Å². The molecule has 1 aromatic carbocycles. The van der Waals surface area contributed by atoms with Crippen molar-refractivity contribution in [3.8, 4) is 0 Å². The number of hydrogen-bond acceptors (Lipinski definition) is 3. The van der Waals surface area contributed by atoms with Crippen molar-refractivity contribution in [3.05, 3.63) is 29.3 Å². The molecule has 0 aliphatic heterocycles. The van der Waals surface area contributed by atoms with E-state index in [2.05, 4.69) is 4.72 Å². The monoisotopic (exact) mass is 311 g/mol. The van der Waals surface area contributed by atoms with Crippen molar-refractivity contribution in [1.82, 2.24) is 4.72 Å². The zero-order valence-corrected chi connectivity index (χ0v) is 13.8. The van der Waals surface area contributed by atoms with Crippen molar-refractivity contribution in [2.45, 2.75) is 57.0 Å². The fourth-order valence-corrected chi connectivity index (χ4v) is 4.21. The first-order valence-corrected chi connectivity index (χ1v) is 9.02. The van der Waals surface area contributed by atoms with Crippen molar-refractivity contribution in [2.24, 2.45) is 5.92 Å². The molecule has 5 heteroatoms. The Hall–Kier alpha value is -0.910. The first-order valence-electron chi connectivity index (χ1n) is 7.53. The van der Waals surface area contributed by atoms with Crippen molar-refractivity contribution in [3.63, 3.8) is 0 Å². The molecule has 0 aromatic heterocycles. The molecule has 0 spiro atoms. The third-order valence-corrected chi connectivity index (χ3v) is 5.27. The Kier molecular flexibility index (Phi) is 4.76. The number of benzene rings is 1. The second kappa shape index (κ2) is 6.07. The Labute approximate surface area is 127 Å². The summed E-state index contributed by atoms with van der Waals surface area (Å²) in [5, 5.41) is 10.2. The number of fused-ring (bicyclic) bond motifs is 1. The van der Waals surface area contributed by atoms with Crippen LogP contribution in [0, 0.1) is 5.92 Å². The highest BCUT2D eigenvalue weighted by molar-refractivity contribution is 7.89. The van der Waals surface area contributed by atoms with Gasteiger partial charge in [0, 0.05) is 6.54 Å². The molecule has 0 amide bonds. The van der Waals surface area contributed by atoms with Crippen LogP contribution < -0.4 is 4.72 Å². The van der Waals surface area contributed by atoms with Gasteiger partial charge in [-0.1, -0.05) is 19.9 Å². The van der Waals surface area contributed by atoms with Gasteiger partial charge in [0.15, 0.2) is 0 Å². The Morgan fingerprint density at radius 1 is 1.29 bits per heavy atom. The third kappa shape index (κ3) is 4.28. The van der Waals surface area contributed by atoms with E-state index in [0.717, 1.165) is 24.8 Å². The first-order chi connectivity index (χ1) is 9.70. The number of aryl methyl sites for hydroxylation is 2. The van der Waals surface area contributed by atoms with Crippen LogP contribution in [0.4, 0.5) is 0 Å². The van der Waals surface area contributed by atoms with Crippen LogP contribution in [0.25, 0.3) is 0 Å². The van der Waals surface area contributed by atoms with Crippen LogP contribution in [-0.2, 0) is 22.9 Å². The second-order valence-corrected chi connectivity index (χ2v) is 8.47. The number of aliphatic hydroxyl groups is 1. The largest absolute Gasteiger partial charge is 0.389 e. The lowest BCUT2D eigenvalue weighted by Gasteiger charge is -2.25. The summed E-state index contributed by atoms with van der Waals surface area (Å²) in [5.41, 5.74) is 1.35. The van der Waals surface area contributed by atoms with Crippen molar-refractivity contribution >= 4 is 10.0 Å². The van der Waals surface area contributed by atoms with Crippen LogP contribution in [0.5, 0.6) is 0 Å². The molecule has 1 aliphatic carbocycles. The van der Waals surface area contributed by atoms with Gasteiger partial charge in [-0.3, -0.25) is 0 Å². The van der Waals surface area contributed by atoms with Gasteiger partial charge in [0.25, 0.3) is 0 Å². The van der Waals surface area contributed by atoms with Crippen molar-refractivity contribution < 1.29 is 13.5 Å². The van der Waals surface area contributed by atoms with Gasteiger partial charge in [-0.2, -0.15) is 0 Å². The van der Waals surface area contributed by atoms with E-state index in [9.17, 15) is 13.5 Å². The lowest BCUT2D eigenvalue weighted by atomic mass is 9.95. The van der Waals surface area contributed by atoms with Crippen molar-refractivity contribution in [2.75, 3.05) is 6.54 Å². The molecule has 2 N–H and O–H groups in total. The summed E-state index contributed by atoms with van der Waals surface area (Å²) in [6.45, 7) is 5.70. The number of rotatable bonds is 6. The van der Waals surface area contributed by atoms with Gasteiger partial charge < -0.3 is 5.11 Å². The molecule has 4 nitrogen and oxygen atoms in total. The van der Waals surface area contributed by atoms with Crippen LogP contribution in [0.2, 0.25) is 0 Å². The maximum Gasteiger partial charge on any atom is 0.240 e. The predicted molar refractivity (Wildman–Crippen MR) is 83.7 cm³/mol. The van der Waals surface area contributed by atoms with Crippen LogP contribution >= 0.6 is 0 Å². The first kappa shape index (κ1) is 16.5. The van der Waals surface area contributed by atoms with Gasteiger partial charge in [0.2, 0.25) is 10.0 Å². The van der Waals surface area contributed by atoms with Crippen LogP contribution in [0.3, 0.4) is 0 Å². The molecule has 1 aromatic rings. The molecule has 1 unspecified atom stereocenters. The maximum absolute atomic E-state index is 12.3. The van der Waals surface area contributed by atoms with Gasteiger partial charge in [-0.05, 0) is 61.8 Å². The van der Waals surface area contributed by atoms with Crippen LogP contribution in [0.15, 0.2) is 23.1 Å². The van der Waals surface area contributed by atoms with Gasteiger partial charge >= 0.3 is 0 Å². The van der Waals surface area contributed by atoms with E-state index in [4.69, 9.17) is 0 Å². The highest BCUT2D eigenvalue weighted by atomic mass is 32.2. The molecular weight excluding hydrogens is 286 g/mol. The SMILES string of the molecule is CC(C)CC(C)(O)CNS(=O)(=O)c1ccc2c(c1)CCC2. The average Bonchev–Trinajstić information content (AvgIpc) is 2.82. The zero-order chi connectivity index (χ0) is 15.7. The summed E-state index contributed by atoms with van der Waals surface area (Å²) in [4.78, 5) is 0.295. The van der Waals surface area contributed by atoms with E-state index >= 15 is 0 Å². The minimum atomic E-state index is -3.56. The van der Waals surface area contributed by atoms with Crippen LogP contribution in [0.1, 0.15) is 44.7 Å². The number of hydrogen-bond donors (Lipinski definition) is 2. The number of sulfonamides is 1. The lowest BCUT2D eigenvalue weighted by Crippen LogP contribution is -2.41. The van der Waals surface area contributed by atoms with Crippen LogP contribution in [-0.4, -0.2) is 25.7 Å². The minimum Gasteiger partial charge on any atom is -0.389 e. The quantitative estimate of drug-likeness (QED) is 0.847. The Balaban J connectivity index is 2.08. The number of nitrogens with one attached hydrogen (secondary N) is 1. The summed E-state index contributed by atoms with van der Waals surface area (Å²) in [7, 11) is -3.56. The summed E-state index contributed by atoms with van der Waals surface area (Å²) in [6.07, 6.45) is 3.63. The molecule has 0 saturated heterocycles. The average molecular weight is 311 g/mol. The fourth-order valence-electron chi connectivity index (χ4n) is 3.00. The molecule has 1 atom stereocenters.